The molecule has 4 N–H and O–H groups in total. The van der Waals surface area contributed by atoms with Crippen LogP contribution in [0.5, 0.6) is 5.75 Å². The van der Waals surface area contributed by atoms with Gasteiger partial charge in [0, 0.05) is 11.3 Å². The van der Waals surface area contributed by atoms with E-state index < -0.39 is 29.4 Å². The van der Waals surface area contributed by atoms with Crippen molar-refractivity contribution >= 4 is 12.0 Å². The van der Waals surface area contributed by atoms with Gasteiger partial charge in [-0.1, -0.05) is 0 Å². The Morgan fingerprint density at radius 3 is 2.31 bits per heavy atom. The van der Waals surface area contributed by atoms with Gasteiger partial charge in [-0.3, -0.25) is 0 Å². The zero-order chi connectivity index (χ0) is 19.7. The SMILES string of the molecule is CC(N)=Cc1nc(N)nnc1-c1ccc(C(F)(F)F)cc1OC(F)(F)F. The molecule has 0 saturated carbocycles. The summed E-state index contributed by atoms with van der Waals surface area (Å²) in [6.45, 7) is 1.46. The minimum atomic E-state index is -5.23. The van der Waals surface area contributed by atoms with Crippen molar-refractivity contribution in [3.63, 3.8) is 0 Å². The lowest BCUT2D eigenvalue weighted by Crippen LogP contribution is -2.18. The molecule has 0 aliphatic carbocycles. The molecule has 140 valence electrons. The molecule has 0 spiro atoms. The van der Waals surface area contributed by atoms with Crippen molar-refractivity contribution in [3.05, 3.63) is 35.2 Å². The van der Waals surface area contributed by atoms with Crippen LogP contribution < -0.4 is 16.2 Å². The molecule has 0 saturated heterocycles. The summed E-state index contributed by atoms with van der Waals surface area (Å²) in [7, 11) is 0. The summed E-state index contributed by atoms with van der Waals surface area (Å²) < 4.78 is 80.1. The maximum atomic E-state index is 12.8. The van der Waals surface area contributed by atoms with Gasteiger partial charge in [0.25, 0.3) is 0 Å². The Labute approximate surface area is 142 Å². The van der Waals surface area contributed by atoms with E-state index in [0.29, 0.717) is 6.07 Å². The van der Waals surface area contributed by atoms with E-state index >= 15 is 0 Å². The van der Waals surface area contributed by atoms with Crippen molar-refractivity contribution in [3.8, 4) is 17.0 Å². The molecule has 1 aromatic heterocycles. The molecule has 2 aromatic rings. The minimum Gasteiger partial charge on any atom is -0.405 e. The number of nitrogen functional groups attached to an aromatic ring is 1. The first kappa shape index (κ1) is 19.3. The molecule has 0 aliphatic heterocycles. The van der Waals surface area contributed by atoms with E-state index in [9.17, 15) is 26.3 Å². The number of aromatic nitrogens is 3. The maximum Gasteiger partial charge on any atom is 0.573 e. The van der Waals surface area contributed by atoms with E-state index in [1.54, 1.807) is 0 Å². The van der Waals surface area contributed by atoms with Crippen molar-refractivity contribution in [2.24, 2.45) is 5.73 Å². The molecule has 12 heteroatoms. The van der Waals surface area contributed by atoms with Crippen molar-refractivity contribution in [1.29, 1.82) is 0 Å². The number of alkyl halides is 6. The average Bonchev–Trinajstić information content (AvgIpc) is 2.44. The Kier molecular flexibility index (Phi) is 4.96. The fourth-order valence-electron chi connectivity index (χ4n) is 1.96. The molecule has 0 aliphatic rings. The van der Waals surface area contributed by atoms with E-state index in [4.69, 9.17) is 11.5 Å². The third-order valence-electron chi connectivity index (χ3n) is 2.88. The summed E-state index contributed by atoms with van der Waals surface area (Å²) in [5, 5.41) is 7.04. The largest absolute Gasteiger partial charge is 0.573 e. The number of allylic oxidation sites excluding steroid dienone is 1. The van der Waals surface area contributed by atoms with Crippen LogP contribution in [0, 0.1) is 0 Å². The third-order valence-corrected chi connectivity index (χ3v) is 2.88. The molecule has 1 aromatic carbocycles. The molecule has 26 heavy (non-hydrogen) atoms. The van der Waals surface area contributed by atoms with Crippen LogP contribution in [0.2, 0.25) is 0 Å². The summed E-state index contributed by atoms with van der Waals surface area (Å²) in [6, 6.07) is 1.57. The van der Waals surface area contributed by atoms with Gasteiger partial charge in [0.05, 0.1) is 11.3 Å². The first-order chi connectivity index (χ1) is 11.9. The standard InChI is InChI=1S/C14H11F6N5O/c1-6(21)4-9-11(24-25-12(22)23-9)8-3-2-7(13(15,16)17)5-10(8)26-14(18,19)20/h2-5H,21H2,1H3,(H2,22,23,25). The van der Waals surface area contributed by atoms with Crippen LogP contribution in [0.1, 0.15) is 18.2 Å². The predicted molar refractivity (Wildman–Crippen MR) is 79.2 cm³/mol. The normalized spacial score (nSPS) is 13.0. The highest BCUT2D eigenvalue weighted by Gasteiger charge is 2.36. The van der Waals surface area contributed by atoms with Gasteiger partial charge in [-0.05, 0) is 31.2 Å². The van der Waals surface area contributed by atoms with E-state index in [1.807, 2.05) is 0 Å². The highest BCUT2D eigenvalue weighted by molar-refractivity contribution is 5.75. The van der Waals surface area contributed by atoms with Crippen LogP contribution in [-0.4, -0.2) is 21.5 Å². The number of nitrogens with two attached hydrogens (primary N) is 2. The van der Waals surface area contributed by atoms with Gasteiger partial charge in [-0.25, -0.2) is 4.98 Å². The maximum absolute atomic E-state index is 12.8. The number of nitrogens with zero attached hydrogens (tertiary/aromatic N) is 3. The van der Waals surface area contributed by atoms with Crippen LogP contribution >= 0.6 is 0 Å². The van der Waals surface area contributed by atoms with E-state index in [1.165, 1.54) is 13.0 Å². The lowest BCUT2D eigenvalue weighted by atomic mass is 10.0. The zero-order valence-electron chi connectivity index (χ0n) is 13.0. The van der Waals surface area contributed by atoms with E-state index in [-0.39, 0.29) is 29.1 Å². The van der Waals surface area contributed by atoms with Crippen LogP contribution in [0.25, 0.3) is 17.3 Å². The summed E-state index contributed by atoms with van der Waals surface area (Å²) in [5.41, 5.74) is 9.00. The van der Waals surface area contributed by atoms with Gasteiger partial charge < -0.3 is 16.2 Å². The quantitative estimate of drug-likeness (QED) is 0.794. The van der Waals surface area contributed by atoms with Gasteiger partial charge in [0.2, 0.25) is 5.95 Å². The second-order valence-electron chi connectivity index (χ2n) is 5.05. The van der Waals surface area contributed by atoms with Crippen molar-refractivity contribution in [2.45, 2.75) is 19.5 Å². The number of hydrogen-bond donors (Lipinski definition) is 2. The predicted octanol–water partition coefficient (Wildman–Crippen LogP) is 3.36. The van der Waals surface area contributed by atoms with Crippen LogP contribution in [-0.2, 0) is 6.18 Å². The molecule has 1 heterocycles. The van der Waals surface area contributed by atoms with Gasteiger partial charge in [0.15, 0.2) is 0 Å². The van der Waals surface area contributed by atoms with Gasteiger partial charge in [-0.15, -0.1) is 23.4 Å². The Balaban J connectivity index is 2.71. The van der Waals surface area contributed by atoms with Crippen molar-refractivity contribution < 1.29 is 31.1 Å². The molecule has 0 unspecified atom stereocenters. The van der Waals surface area contributed by atoms with Crippen LogP contribution in [0.4, 0.5) is 32.3 Å². The Bertz CT molecular complexity index is 843. The number of benzene rings is 1. The summed E-state index contributed by atoms with van der Waals surface area (Å²) in [5.74, 6) is -1.41. The third kappa shape index (κ3) is 4.74. The first-order valence-corrected chi connectivity index (χ1v) is 6.78. The number of rotatable bonds is 3. The topological polar surface area (TPSA) is 99.9 Å². The van der Waals surface area contributed by atoms with Gasteiger partial charge in [0.1, 0.15) is 11.4 Å². The first-order valence-electron chi connectivity index (χ1n) is 6.78. The lowest BCUT2D eigenvalue weighted by molar-refractivity contribution is -0.274. The van der Waals surface area contributed by atoms with Gasteiger partial charge in [-0.2, -0.15) is 13.2 Å². The number of anilines is 1. The number of hydrogen-bond acceptors (Lipinski definition) is 6. The fourth-order valence-corrected chi connectivity index (χ4v) is 1.96. The second kappa shape index (κ2) is 6.69. The zero-order valence-corrected chi connectivity index (χ0v) is 13.0. The molecule has 0 bridgehead atoms. The van der Waals surface area contributed by atoms with E-state index in [0.717, 1.165) is 6.07 Å². The van der Waals surface area contributed by atoms with Crippen molar-refractivity contribution in [2.75, 3.05) is 5.73 Å². The molecular formula is C14H11F6N5O. The summed E-state index contributed by atoms with van der Waals surface area (Å²) in [6.07, 6.45) is -8.87. The molecule has 2 rings (SSSR count). The van der Waals surface area contributed by atoms with Crippen LogP contribution in [0.15, 0.2) is 23.9 Å². The Morgan fingerprint density at radius 2 is 1.77 bits per heavy atom. The second-order valence-corrected chi connectivity index (χ2v) is 5.05. The Hall–Kier alpha value is -3.05. The Morgan fingerprint density at radius 1 is 1.12 bits per heavy atom. The minimum absolute atomic E-state index is 0.0794. The molecule has 0 fully saturated rings. The van der Waals surface area contributed by atoms with Gasteiger partial charge >= 0.3 is 12.5 Å². The molecule has 0 atom stereocenters. The summed E-state index contributed by atoms with van der Waals surface area (Å²) >= 11 is 0. The van der Waals surface area contributed by atoms with Crippen molar-refractivity contribution in [1.82, 2.24) is 15.2 Å². The highest BCUT2D eigenvalue weighted by atomic mass is 19.4. The highest BCUT2D eigenvalue weighted by Crippen LogP contribution is 2.39. The molecule has 0 radical (unpaired) electrons. The monoisotopic (exact) mass is 379 g/mol. The average molecular weight is 379 g/mol. The number of ether oxygens (including phenoxy) is 1. The summed E-state index contributed by atoms with van der Waals surface area (Å²) in [4.78, 5) is 3.79. The molecule has 6 nitrogen and oxygen atoms in total. The molecular weight excluding hydrogens is 368 g/mol. The molecule has 0 amide bonds. The smallest absolute Gasteiger partial charge is 0.405 e. The lowest BCUT2D eigenvalue weighted by Gasteiger charge is -2.16. The fraction of sp³-hybridized carbons (Fsp3) is 0.214. The van der Waals surface area contributed by atoms with Crippen LogP contribution in [0.3, 0.4) is 0 Å². The number of halogens is 6. The van der Waals surface area contributed by atoms with E-state index in [2.05, 4.69) is 19.9 Å².